The quantitative estimate of drug-likeness (QED) is 0.281. The van der Waals surface area contributed by atoms with Crippen molar-refractivity contribution in [3.8, 4) is 0 Å². The van der Waals surface area contributed by atoms with Crippen LogP contribution in [0, 0.1) is 27.9 Å². The van der Waals surface area contributed by atoms with Gasteiger partial charge >= 0.3 is 5.97 Å². The van der Waals surface area contributed by atoms with E-state index in [4.69, 9.17) is 4.74 Å². The predicted octanol–water partition coefficient (Wildman–Crippen LogP) is 3.68. The minimum absolute atomic E-state index is 0.0188. The van der Waals surface area contributed by atoms with Gasteiger partial charge in [0.2, 0.25) is 11.8 Å². The van der Waals surface area contributed by atoms with E-state index in [1.165, 1.54) is 12.1 Å². The first-order valence-corrected chi connectivity index (χ1v) is 14.2. The number of amides is 2. The molecule has 41 heavy (non-hydrogen) atoms. The highest BCUT2D eigenvalue weighted by Gasteiger charge is 2.72. The fraction of sp³-hybridized carbons (Fsp3) is 0.516. The van der Waals surface area contributed by atoms with Gasteiger partial charge in [0.25, 0.3) is 5.69 Å². The average Bonchev–Trinajstić information content (AvgIpc) is 3.16. The average molecular weight is 563 g/mol. The third kappa shape index (κ3) is 5.32. The van der Waals surface area contributed by atoms with Crippen molar-refractivity contribution in [3.63, 3.8) is 0 Å². The number of likely N-dealkylation sites (tertiary alicyclic amines) is 1. The van der Waals surface area contributed by atoms with Gasteiger partial charge in [-0.15, -0.1) is 0 Å². The molecule has 0 radical (unpaired) electrons. The predicted molar refractivity (Wildman–Crippen MR) is 151 cm³/mol. The number of non-ortho nitro benzene ring substituents is 1. The van der Waals surface area contributed by atoms with E-state index in [0.29, 0.717) is 32.5 Å². The molecule has 10 nitrogen and oxygen atoms in total. The van der Waals surface area contributed by atoms with Gasteiger partial charge in [-0.2, -0.15) is 0 Å². The van der Waals surface area contributed by atoms with E-state index in [2.05, 4.69) is 10.2 Å². The lowest BCUT2D eigenvalue weighted by Crippen LogP contribution is -2.77. The van der Waals surface area contributed by atoms with Gasteiger partial charge in [0, 0.05) is 63.1 Å². The first kappa shape index (κ1) is 28.7. The zero-order valence-electron chi connectivity index (χ0n) is 24.0. The molecule has 2 aromatic carbocycles. The summed E-state index contributed by atoms with van der Waals surface area (Å²) in [4.78, 5) is 55.3. The minimum atomic E-state index is -1.08. The van der Waals surface area contributed by atoms with Crippen LogP contribution in [0.1, 0.15) is 51.2 Å². The Labute approximate surface area is 240 Å². The Hall–Kier alpha value is -3.79. The number of hydrogen-bond acceptors (Lipinski definition) is 7. The molecule has 1 saturated carbocycles. The van der Waals surface area contributed by atoms with Crippen molar-refractivity contribution in [1.82, 2.24) is 15.1 Å². The number of piperidine rings is 2. The molecule has 10 heteroatoms. The van der Waals surface area contributed by atoms with Crippen LogP contribution in [0.25, 0.3) is 0 Å². The highest BCUT2D eigenvalue weighted by molar-refractivity contribution is 5.97. The number of benzene rings is 2. The molecular formula is C31H38N4O6. The summed E-state index contributed by atoms with van der Waals surface area (Å²) in [5.74, 6) is -1.14. The molecule has 4 bridgehead atoms. The summed E-state index contributed by atoms with van der Waals surface area (Å²) < 4.78 is 5.57. The number of esters is 1. The topological polar surface area (TPSA) is 122 Å². The van der Waals surface area contributed by atoms with Crippen LogP contribution in [0.3, 0.4) is 0 Å². The number of carbonyl (C=O) groups excluding carboxylic acids is 3. The molecule has 1 unspecified atom stereocenters. The first-order valence-electron chi connectivity index (χ1n) is 14.2. The molecule has 4 aliphatic rings. The normalized spacial score (nSPS) is 27.1. The molecule has 2 amide bonds. The molecule has 6 rings (SSSR count). The van der Waals surface area contributed by atoms with Gasteiger partial charge in [-0.05, 0) is 50.7 Å². The standard InChI is InChI=1S/C31H38N4O6/c1-30(2,3)41-26(36)15-14-24-25-16-22-19-34(18-21-10-12-23(13-11-21)35(39)40)27(24)31(22,33(4)28(25)37)29(38)32-17-20-8-6-5-7-9-20/h5-13,22,24-25,27H,14-19H2,1-4H3,(H,32,38)/t22?,24-,25-,27+,31+/m1/s1. The number of fused-ring (bicyclic) bond motifs is 1. The lowest BCUT2D eigenvalue weighted by molar-refractivity contribution is -0.384. The maximum Gasteiger partial charge on any atom is 0.306 e. The summed E-state index contributed by atoms with van der Waals surface area (Å²) in [6.45, 7) is 6.90. The molecule has 0 aromatic heterocycles. The van der Waals surface area contributed by atoms with Crippen LogP contribution in [-0.2, 0) is 32.2 Å². The van der Waals surface area contributed by atoms with E-state index in [1.54, 1.807) is 24.1 Å². The zero-order valence-corrected chi connectivity index (χ0v) is 24.0. The molecule has 3 aliphatic heterocycles. The van der Waals surface area contributed by atoms with Crippen LogP contribution >= 0.6 is 0 Å². The van der Waals surface area contributed by atoms with Crippen LogP contribution < -0.4 is 5.32 Å². The Kier molecular flexibility index (Phi) is 7.63. The second-order valence-corrected chi connectivity index (χ2v) is 12.5. The minimum Gasteiger partial charge on any atom is -0.460 e. The largest absolute Gasteiger partial charge is 0.460 e. The number of hydrogen-bond donors (Lipinski definition) is 1. The third-order valence-electron chi connectivity index (χ3n) is 8.88. The van der Waals surface area contributed by atoms with E-state index in [9.17, 15) is 24.5 Å². The van der Waals surface area contributed by atoms with Crippen molar-refractivity contribution in [3.05, 3.63) is 75.8 Å². The number of nitrogens with zero attached hydrogens (tertiary/aromatic N) is 3. The third-order valence-corrected chi connectivity index (χ3v) is 8.88. The van der Waals surface area contributed by atoms with Gasteiger partial charge in [0.05, 0.1) is 4.92 Å². The molecule has 3 heterocycles. The molecular weight excluding hydrogens is 524 g/mol. The van der Waals surface area contributed by atoms with Crippen molar-refractivity contribution in [2.45, 2.75) is 70.3 Å². The molecule has 4 fully saturated rings. The number of ether oxygens (including phenoxy) is 1. The maximum absolute atomic E-state index is 14.3. The summed E-state index contributed by atoms with van der Waals surface area (Å²) in [6.07, 6.45) is 1.17. The monoisotopic (exact) mass is 562 g/mol. The Morgan fingerprint density at radius 2 is 1.78 bits per heavy atom. The van der Waals surface area contributed by atoms with E-state index >= 15 is 0 Å². The molecule has 5 atom stereocenters. The number of nitro groups is 1. The summed E-state index contributed by atoms with van der Waals surface area (Å²) in [7, 11) is 1.73. The second-order valence-electron chi connectivity index (χ2n) is 12.5. The van der Waals surface area contributed by atoms with Gasteiger partial charge in [0.15, 0.2) is 0 Å². The number of carbonyl (C=O) groups is 3. The van der Waals surface area contributed by atoms with Gasteiger partial charge in [-0.25, -0.2) is 0 Å². The number of rotatable bonds is 9. The molecule has 2 aromatic rings. The van der Waals surface area contributed by atoms with E-state index in [1.807, 2.05) is 51.1 Å². The lowest BCUT2D eigenvalue weighted by Gasteiger charge is -2.59. The van der Waals surface area contributed by atoms with Gasteiger partial charge in [-0.3, -0.25) is 29.4 Å². The van der Waals surface area contributed by atoms with Crippen LogP contribution in [0.5, 0.6) is 0 Å². The highest BCUT2D eigenvalue weighted by Crippen LogP contribution is 2.57. The molecule has 218 valence electrons. The fourth-order valence-corrected chi connectivity index (χ4v) is 7.34. The Balaban J connectivity index is 1.47. The van der Waals surface area contributed by atoms with Crippen LogP contribution in [0.2, 0.25) is 0 Å². The van der Waals surface area contributed by atoms with Crippen molar-refractivity contribution in [2.24, 2.45) is 17.8 Å². The summed E-state index contributed by atoms with van der Waals surface area (Å²) in [5, 5.41) is 14.3. The maximum atomic E-state index is 14.3. The molecule has 1 aliphatic carbocycles. The number of nitro benzene ring substituents is 1. The number of likely N-dealkylation sites (N-methyl/N-ethyl adjacent to an activating group) is 1. The summed E-state index contributed by atoms with van der Waals surface area (Å²) in [6, 6.07) is 15.8. The van der Waals surface area contributed by atoms with Gasteiger partial charge in [0.1, 0.15) is 11.1 Å². The summed E-state index contributed by atoms with van der Waals surface area (Å²) in [5.41, 5.74) is 0.175. The Morgan fingerprint density at radius 3 is 2.41 bits per heavy atom. The molecule has 3 saturated heterocycles. The second kappa shape index (κ2) is 10.9. The van der Waals surface area contributed by atoms with Crippen LogP contribution in [0.15, 0.2) is 54.6 Å². The van der Waals surface area contributed by atoms with Crippen molar-refractivity contribution < 1.29 is 24.0 Å². The van der Waals surface area contributed by atoms with Crippen molar-refractivity contribution >= 4 is 23.5 Å². The van der Waals surface area contributed by atoms with E-state index in [-0.39, 0.29) is 53.7 Å². The smallest absolute Gasteiger partial charge is 0.306 e. The van der Waals surface area contributed by atoms with Gasteiger partial charge in [-0.1, -0.05) is 42.5 Å². The van der Waals surface area contributed by atoms with E-state index < -0.39 is 16.1 Å². The van der Waals surface area contributed by atoms with Crippen LogP contribution in [0.4, 0.5) is 5.69 Å². The fourth-order valence-electron chi connectivity index (χ4n) is 7.34. The summed E-state index contributed by atoms with van der Waals surface area (Å²) >= 11 is 0. The van der Waals surface area contributed by atoms with Gasteiger partial charge < -0.3 is 15.0 Å². The SMILES string of the molecule is CN1C(=O)[C@@H]2CC3CN(Cc4ccc([N+](=O)[O-])cc4)[C@@H]([C@@H]2CCC(=O)OC(C)(C)C)[C@]31C(=O)NCc1ccccc1. The van der Waals surface area contributed by atoms with Crippen molar-refractivity contribution in [1.29, 1.82) is 0 Å². The highest BCUT2D eigenvalue weighted by atomic mass is 16.6. The Morgan fingerprint density at radius 1 is 1.10 bits per heavy atom. The lowest BCUT2D eigenvalue weighted by atomic mass is 9.57. The number of nitrogens with one attached hydrogen (secondary N) is 1. The van der Waals surface area contributed by atoms with Crippen LogP contribution in [-0.4, -0.2) is 63.3 Å². The first-order chi connectivity index (χ1) is 19.4. The zero-order chi connectivity index (χ0) is 29.5. The van der Waals surface area contributed by atoms with Crippen molar-refractivity contribution in [2.75, 3.05) is 13.6 Å². The Bertz CT molecular complexity index is 1320. The molecule has 1 N–H and O–H groups in total. The van der Waals surface area contributed by atoms with E-state index in [0.717, 1.165) is 11.1 Å². The molecule has 0 spiro atoms.